The molecule has 0 fully saturated rings. The van der Waals surface area contributed by atoms with E-state index < -0.39 is 7.94 Å². The predicted octanol–water partition coefficient (Wildman–Crippen LogP) is 10.7. The van der Waals surface area contributed by atoms with Crippen LogP contribution in [-0.2, 0) is 26.2 Å². The summed E-state index contributed by atoms with van der Waals surface area (Å²) in [6.45, 7) is 28.0. The van der Waals surface area contributed by atoms with E-state index in [1.807, 2.05) is 0 Å². The highest BCUT2D eigenvalue weighted by Gasteiger charge is 2.33. The largest absolute Gasteiger partial charge is 0.405 e. The van der Waals surface area contributed by atoms with E-state index in [0.717, 1.165) is 38.5 Å². The Morgan fingerprint density at radius 1 is 0.585 bits per heavy atom. The van der Waals surface area contributed by atoms with E-state index in [2.05, 4.69) is 119 Å². The molecule has 0 bridgehead atoms. The third-order valence-electron chi connectivity index (χ3n) is 8.44. The third-order valence-corrected chi connectivity index (χ3v) is 9.92. The molecule has 2 rings (SSSR count). The second kappa shape index (κ2) is 13.6. The van der Waals surface area contributed by atoms with Crippen LogP contribution in [0.5, 0.6) is 0 Å². The normalized spacial score (nSPS) is 13.8. The van der Waals surface area contributed by atoms with E-state index in [9.17, 15) is 9.79 Å². The standard InChI is InChI=1S/C37H62O3P/c1-34(2,3)27-20-22-30(32(25-27)36(7,8)9)29(19-17-15-14-16-18-24-41(38,39)40-13)31-23-21-28(35(4,5)6)26-33(31)37(10,11)12/h20-23,25-26,29,38-39H,14-19,24H2,1-13H3/q+1. The molecular weight excluding hydrogens is 523 g/mol. The molecule has 0 unspecified atom stereocenters. The lowest BCUT2D eigenvalue weighted by Gasteiger charge is -2.34. The van der Waals surface area contributed by atoms with E-state index in [1.54, 1.807) is 0 Å². The van der Waals surface area contributed by atoms with Crippen molar-refractivity contribution in [1.82, 2.24) is 0 Å². The van der Waals surface area contributed by atoms with Gasteiger partial charge in [-0.25, -0.2) is 0 Å². The average Bonchev–Trinajstić information content (AvgIpc) is 2.83. The van der Waals surface area contributed by atoms with E-state index >= 15 is 0 Å². The minimum Gasteiger partial charge on any atom is -0.193 e. The zero-order valence-electron chi connectivity index (χ0n) is 28.7. The first-order valence-corrected chi connectivity index (χ1v) is 17.6. The predicted molar refractivity (Wildman–Crippen MR) is 180 cm³/mol. The van der Waals surface area contributed by atoms with Crippen LogP contribution in [0.2, 0.25) is 0 Å². The first kappa shape index (κ1) is 35.9. The molecular formula is C37H62O3P+. The van der Waals surface area contributed by atoms with Crippen LogP contribution in [0.1, 0.15) is 161 Å². The second-order valence-electron chi connectivity index (χ2n) is 16.3. The molecule has 0 aromatic heterocycles. The maximum atomic E-state index is 9.82. The second-order valence-corrected chi connectivity index (χ2v) is 18.4. The summed E-state index contributed by atoms with van der Waals surface area (Å²) in [7, 11) is -1.77. The monoisotopic (exact) mass is 585 g/mol. The summed E-state index contributed by atoms with van der Waals surface area (Å²) in [4.78, 5) is 19.6. The minimum absolute atomic E-state index is 0.0354. The molecule has 0 aliphatic carbocycles. The lowest BCUT2D eigenvalue weighted by Crippen LogP contribution is -2.23. The fraction of sp³-hybridized carbons (Fsp3) is 0.676. The van der Waals surface area contributed by atoms with E-state index in [-0.39, 0.29) is 21.7 Å². The van der Waals surface area contributed by atoms with Crippen molar-refractivity contribution in [3.63, 3.8) is 0 Å². The number of hydrogen-bond acceptors (Lipinski definition) is 3. The van der Waals surface area contributed by atoms with Crippen LogP contribution in [0.4, 0.5) is 0 Å². The van der Waals surface area contributed by atoms with Gasteiger partial charge in [0, 0.05) is 5.92 Å². The molecule has 41 heavy (non-hydrogen) atoms. The molecule has 0 spiro atoms. The van der Waals surface area contributed by atoms with Crippen molar-refractivity contribution in [1.29, 1.82) is 0 Å². The topological polar surface area (TPSA) is 49.7 Å². The van der Waals surface area contributed by atoms with Crippen LogP contribution in [0.25, 0.3) is 0 Å². The summed E-state index contributed by atoms with van der Waals surface area (Å²) in [6.07, 6.45) is 6.63. The van der Waals surface area contributed by atoms with E-state index in [4.69, 9.17) is 4.52 Å². The highest BCUT2D eigenvalue weighted by atomic mass is 31.2. The van der Waals surface area contributed by atoms with Crippen LogP contribution in [0.15, 0.2) is 36.4 Å². The van der Waals surface area contributed by atoms with Crippen molar-refractivity contribution in [3.05, 3.63) is 69.8 Å². The van der Waals surface area contributed by atoms with Crippen molar-refractivity contribution in [2.45, 2.75) is 149 Å². The molecule has 0 saturated carbocycles. The third kappa shape index (κ3) is 10.5. The van der Waals surface area contributed by atoms with Crippen LogP contribution < -0.4 is 0 Å². The molecule has 2 N–H and O–H groups in total. The van der Waals surface area contributed by atoms with E-state index in [0.29, 0.717) is 12.1 Å². The van der Waals surface area contributed by atoms with Gasteiger partial charge in [-0.05, 0) is 74.3 Å². The maximum absolute atomic E-state index is 9.82. The van der Waals surface area contributed by atoms with Gasteiger partial charge in [0.25, 0.3) is 0 Å². The Balaban J connectivity index is 2.54. The number of unbranched alkanes of at least 4 members (excludes halogenated alkanes) is 4. The summed E-state index contributed by atoms with van der Waals surface area (Å²) in [6, 6.07) is 14.6. The molecule has 0 aliphatic rings. The van der Waals surface area contributed by atoms with Gasteiger partial charge in [0.15, 0.2) is 0 Å². The average molecular weight is 586 g/mol. The Hall–Kier alpha value is -1.25. The highest BCUT2D eigenvalue weighted by molar-refractivity contribution is 7.59. The first-order valence-electron chi connectivity index (χ1n) is 15.8. The van der Waals surface area contributed by atoms with Gasteiger partial charge in [-0.2, -0.15) is 14.3 Å². The van der Waals surface area contributed by atoms with Crippen molar-refractivity contribution in [3.8, 4) is 0 Å². The van der Waals surface area contributed by atoms with Gasteiger partial charge < -0.3 is 0 Å². The fourth-order valence-corrected chi connectivity index (χ4v) is 6.54. The SMILES string of the molecule is CO[P+](O)(O)CCCCCCCC(c1ccc(C(C)(C)C)cc1C(C)(C)C)c1ccc(C(C)(C)C)cc1C(C)(C)C. The Morgan fingerprint density at radius 3 is 1.34 bits per heavy atom. The molecule has 0 aliphatic heterocycles. The molecule has 3 nitrogen and oxygen atoms in total. The first-order chi connectivity index (χ1) is 18.6. The van der Waals surface area contributed by atoms with Gasteiger partial charge in [-0.3, -0.25) is 0 Å². The fourth-order valence-electron chi connectivity index (χ4n) is 5.72. The van der Waals surface area contributed by atoms with Crippen molar-refractivity contribution < 1.29 is 14.3 Å². The Labute approximate surface area is 254 Å². The molecule has 2 aromatic rings. The number of hydrogen-bond donors (Lipinski definition) is 2. The van der Waals surface area contributed by atoms with Crippen LogP contribution in [-0.4, -0.2) is 23.1 Å². The molecule has 0 amide bonds. The van der Waals surface area contributed by atoms with Crippen molar-refractivity contribution in [2.75, 3.05) is 13.3 Å². The Kier molecular flexibility index (Phi) is 11.9. The van der Waals surface area contributed by atoms with Crippen LogP contribution in [0.3, 0.4) is 0 Å². The lowest BCUT2D eigenvalue weighted by molar-refractivity contribution is 0.277. The summed E-state index contributed by atoms with van der Waals surface area (Å²) in [5, 5.41) is 0. The van der Waals surface area contributed by atoms with Crippen LogP contribution >= 0.6 is 7.94 Å². The minimum atomic E-state index is -3.15. The highest BCUT2D eigenvalue weighted by Crippen LogP contribution is 2.51. The van der Waals surface area contributed by atoms with Crippen molar-refractivity contribution >= 4 is 7.94 Å². The summed E-state index contributed by atoms with van der Waals surface area (Å²) < 4.78 is 4.85. The molecule has 0 saturated heterocycles. The quantitative estimate of drug-likeness (QED) is 0.204. The zero-order chi connectivity index (χ0) is 31.4. The van der Waals surface area contributed by atoms with Crippen molar-refractivity contribution in [2.24, 2.45) is 0 Å². The van der Waals surface area contributed by atoms with Crippen LogP contribution in [0, 0.1) is 0 Å². The zero-order valence-corrected chi connectivity index (χ0v) is 29.6. The van der Waals surface area contributed by atoms with Gasteiger partial charge in [0.2, 0.25) is 0 Å². The number of benzene rings is 2. The van der Waals surface area contributed by atoms with Gasteiger partial charge in [-0.1, -0.05) is 139 Å². The van der Waals surface area contributed by atoms with Gasteiger partial charge in [-0.15, -0.1) is 0 Å². The Morgan fingerprint density at radius 2 is 0.976 bits per heavy atom. The van der Waals surface area contributed by atoms with Gasteiger partial charge in [0.1, 0.15) is 6.16 Å². The summed E-state index contributed by atoms with van der Waals surface area (Å²) in [5.74, 6) is 0.323. The number of rotatable bonds is 11. The van der Waals surface area contributed by atoms with E-state index in [1.165, 1.54) is 40.5 Å². The smallest absolute Gasteiger partial charge is 0.193 e. The molecule has 0 atom stereocenters. The molecule has 232 valence electrons. The van der Waals surface area contributed by atoms with Gasteiger partial charge >= 0.3 is 7.94 Å². The molecule has 0 heterocycles. The summed E-state index contributed by atoms with van der Waals surface area (Å²) in [5.41, 5.74) is 8.92. The Bertz CT molecular complexity index is 1050. The maximum Gasteiger partial charge on any atom is 0.405 e. The lowest BCUT2D eigenvalue weighted by atomic mass is 9.70. The molecule has 2 aromatic carbocycles. The molecule has 4 heteroatoms. The molecule has 0 radical (unpaired) electrons. The summed E-state index contributed by atoms with van der Waals surface area (Å²) >= 11 is 0. The van der Waals surface area contributed by atoms with Gasteiger partial charge in [0.05, 0.1) is 7.11 Å².